The lowest BCUT2D eigenvalue weighted by Crippen LogP contribution is -2.37. The first-order valence-electron chi connectivity index (χ1n) is 3.84. The predicted octanol–water partition coefficient (Wildman–Crippen LogP) is 1.90. The van der Waals surface area contributed by atoms with Crippen LogP contribution in [0.2, 0.25) is 0 Å². The van der Waals surface area contributed by atoms with Gasteiger partial charge in [-0.05, 0) is 26.2 Å². The summed E-state index contributed by atoms with van der Waals surface area (Å²) < 4.78 is 5.12. The van der Waals surface area contributed by atoms with Gasteiger partial charge in [0.1, 0.15) is 5.60 Å². The zero-order valence-corrected chi connectivity index (χ0v) is 7.31. The second-order valence-corrected chi connectivity index (χ2v) is 3.78. The Morgan fingerprint density at radius 1 is 1.64 bits per heavy atom. The molecular formula is C9H14O2. The van der Waals surface area contributed by atoms with E-state index in [4.69, 9.17) is 4.74 Å². The zero-order valence-electron chi connectivity index (χ0n) is 7.31. The minimum Gasteiger partial charge on any atom is -0.456 e. The van der Waals surface area contributed by atoms with Gasteiger partial charge in [-0.15, -0.1) is 0 Å². The highest BCUT2D eigenvalue weighted by Gasteiger charge is 2.34. The Bertz CT molecular complexity index is 204. The second-order valence-electron chi connectivity index (χ2n) is 3.78. The average molecular weight is 154 g/mol. The molecule has 1 fully saturated rings. The van der Waals surface area contributed by atoms with Crippen molar-refractivity contribution >= 4 is 5.97 Å². The highest BCUT2D eigenvalue weighted by Crippen LogP contribution is 2.31. The number of hydrogen-bond acceptors (Lipinski definition) is 2. The standard InChI is InChI=1S/C9H14O2/c1-6-5-9(3,4)11-8(10)7(6)2/h6H,2,5H2,1,3-4H3. The minimum absolute atomic E-state index is 0.242. The van der Waals surface area contributed by atoms with Crippen LogP contribution in [-0.2, 0) is 9.53 Å². The molecule has 2 nitrogen and oxygen atoms in total. The molecule has 62 valence electrons. The molecule has 0 bridgehead atoms. The summed E-state index contributed by atoms with van der Waals surface area (Å²) in [6.45, 7) is 9.52. The van der Waals surface area contributed by atoms with Gasteiger partial charge in [-0.1, -0.05) is 13.5 Å². The number of esters is 1. The molecule has 0 saturated carbocycles. The minimum atomic E-state index is -0.308. The van der Waals surface area contributed by atoms with Gasteiger partial charge < -0.3 is 4.74 Å². The monoisotopic (exact) mass is 154 g/mol. The first kappa shape index (κ1) is 8.31. The van der Waals surface area contributed by atoms with Crippen molar-refractivity contribution in [2.75, 3.05) is 0 Å². The summed E-state index contributed by atoms with van der Waals surface area (Å²) in [6, 6.07) is 0. The molecule has 1 atom stereocenters. The lowest BCUT2D eigenvalue weighted by molar-refractivity contribution is -0.158. The van der Waals surface area contributed by atoms with E-state index in [0.29, 0.717) is 5.57 Å². The van der Waals surface area contributed by atoms with Crippen molar-refractivity contribution in [1.82, 2.24) is 0 Å². The molecule has 0 amide bonds. The van der Waals surface area contributed by atoms with E-state index in [0.717, 1.165) is 6.42 Å². The summed E-state index contributed by atoms with van der Waals surface area (Å²) in [4.78, 5) is 11.1. The molecule has 0 N–H and O–H groups in total. The van der Waals surface area contributed by atoms with Crippen LogP contribution in [0.3, 0.4) is 0 Å². The maximum atomic E-state index is 11.1. The average Bonchev–Trinajstić information content (AvgIpc) is 1.81. The zero-order chi connectivity index (χ0) is 8.65. The van der Waals surface area contributed by atoms with Crippen LogP contribution >= 0.6 is 0 Å². The van der Waals surface area contributed by atoms with E-state index in [1.54, 1.807) is 0 Å². The molecule has 0 aliphatic carbocycles. The van der Waals surface area contributed by atoms with Crippen molar-refractivity contribution in [3.05, 3.63) is 12.2 Å². The van der Waals surface area contributed by atoms with Crippen molar-refractivity contribution in [3.8, 4) is 0 Å². The van der Waals surface area contributed by atoms with E-state index in [-0.39, 0.29) is 17.5 Å². The van der Waals surface area contributed by atoms with Gasteiger partial charge in [-0.2, -0.15) is 0 Å². The number of carbonyl (C=O) groups excluding carboxylic acids is 1. The van der Waals surface area contributed by atoms with Crippen molar-refractivity contribution in [1.29, 1.82) is 0 Å². The van der Waals surface area contributed by atoms with E-state index in [1.165, 1.54) is 0 Å². The fourth-order valence-electron chi connectivity index (χ4n) is 1.42. The Morgan fingerprint density at radius 2 is 2.18 bits per heavy atom. The van der Waals surface area contributed by atoms with Gasteiger partial charge in [0.2, 0.25) is 0 Å². The Morgan fingerprint density at radius 3 is 2.64 bits per heavy atom. The summed E-state index contributed by atoms with van der Waals surface area (Å²) in [5.41, 5.74) is 0.293. The summed E-state index contributed by atoms with van der Waals surface area (Å²) in [6.07, 6.45) is 0.873. The topological polar surface area (TPSA) is 26.3 Å². The van der Waals surface area contributed by atoms with Gasteiger partial charge in [0, 0.05) is 5.57 Å². The van der Waals surface area contributed by atoms with Crippen LogP contribution in [0, 0.1) is 5.92 Å². The first-order chi connectivity index (χ1) is 4.92. The lowest BCUT2D eigenvalue weighted by Gasteiger charge is -2.34. The summed E-state index contributed by atoms with van der Waals surface area (Å²) in [5.74, 6) is 0.0139. The predicted molar refractivity (Wildman–Crippen MR) is 43.1 cm³/mol. The summed E-state index contributed by atoms with van der Waals surface area (Å²) >= 11 is 0. The Kier molecular flexibility index (Phi) is 1.78. The van der Waals surface area contributed by atoms with Crippen LogP contribution in [0.1, 0.15) is 27.2 Å². The van der Waals surface area contributed by atoms with Crippen LogP contribution in [0.4, 0.5) is 0 Å². The van der Waals surface area contributed by atoms with Gasteiger partial charge in [-0.25, -0.2) is 4.79 Å². The van der Waals surface area contributed by atoms with Crippen LogP contribution in [0.5, 0.6) is 0 Å². The van der Waals surface area contributed by atoms with Gasteiger partial charge >= 0.3 is 5.97 Å². The fraction of sp³-hybridized carbons (Fsp3) is 0.667. The highest BCUT2D eigenvalue weighted by molar-refractivity contribution is 5.89. The van der Waals surface area contributed by atoms with E-state index in [1.807, 2.05) is 20.8 Å². The molecule has 0 aromatic carbocycles. The second kappa shape index (κ2) is 2.36. The summed E-state index contributed by atoms with van der Waals surface area (Å²) in [7, 11) is 0. The van der Waals surface area contributed by atoms with Crippen molar-refractivity contribution < 1.29 is 9.53 Å². The molecule has 1 saturated heterocycles. The normalized spacial score (nSPS) is 29.9. The van der Waals surface area contributed by atoms with E-state index >= 15 is 0 Å². The lowest BCUT2D eigenvalue weighted by atomic mass is 9.87. The largest absolute Gasteiger partial charge is 0.456 e. The fourth-order valence-corrected chi connectivity index (χ4v) is 1.42. The summed E-state index contributed by atoms with van der Waals surface area (Å²) in [5, 5.41) is 0. The molecule has 0 radical (unpaired) electrons. The Balaban J connectivity index is 2.78. The molecule has 0 aromatic rings. The van der Waals surface area contributed by atoms with Crippen molar-refractivity contribution in [2.45, 2.75) is 32.8 Å². The maximum Gasteiger partial charge on any atom is 0.334 e. The van der Waals surface area contributed by atoms with Crippen LogP contribution in [0.15, 0.2) is 12.2 Å². The number of hydrogen-bond donors (Lipinski definition) is 0. The Hall–Kier alpha value is -0.790. The van der Waals surface area contributed by atoms with E-state index in [2.05, 4.69) is 6.58 Å². The van der Waals surface area contributed by atoms with Gasteiger partial charge in [0.05, 0.1) is 0 Å². The van der Waals surface area contributed by atoms with Crippen LogP contribution < -0.4 is 0 Å². The molecule has 0 spiro atoms. The van der Waals surface area contributed by atoms with Crippen LogP contribution in [0.25, 0.3) is 0 Å². The number of cyclic esters (lactones) is 1. The maximum absolute atomic E-state index is 11.1. The van der Waals surface area contributed by atoms with Gasteiger partial charge in [-0.3, -0.25) is 0 Å². The van der Waals surface area contributed by atoms with E-state index in [9.17, 15) is 4.79 Å². The third kappa shape index (κ3) is 1.62. The molecule has 1 aliphatic heterocycles. The van der Waals surface area contributed by atoms with Crippen LogP contribution in [-0.4, -0.2) is 11.6 Å². The molecule has 2 heteroatoms. The van der Waals surface area contributed by atoms with E-state index < -0.39 is 0 Å². The van der Waals surface area contributed by atoms with Gasteiger partial charge in [0.25, 0.3) is 0 Å². The quantitative estimate of drug-likeness (QED) is 0.393. The highest BCUT2D eigenvalue weighted by atomic mass is 16.6. The van der Waals surface area contributed by atoms with Crippen molar-refractivity contribution in [2.24, 2.45) is 5.92 Å². The van der Waals surface area contributed by atoms with Gasteiger partial charge in [0.15, 0.2) is 0 Å². The number of rotatable bonds is 0. The molecule has 1 aliphatic rings. The third-order valence-electron chi connectivity index (χ3n) is 2.02. The SMILES string of the molecule is C=C1C(=O)OC(C)(C)CC1C. The molecule has 11 heavy (non-hydrogen) atoms. The van der Waals surface area contributed by atoms with Crippen molar-refractivity contribution in [3.63, 3.8) is 0 Å². The third-order valence-corrected chi connectivity index (χ3v) is 2.02. The first-order valence-corrected chi connectivity index (χ1v) is 3.84. The molecule has 1 heterocycles. The molecular weight excluding hydrogens is 140 g/mol. The number of carbonyl (C=O) groups is 1. The molecule has 0 aromatic heterocycles. The Labute approximate surface area is 67.2 Å². The smallest absolute Gasteiger partial charge is 0.334 e. The molecule has 1 rings (SSSR count). The molecule has 1 unspecified atom stereocenters. The number of ether oxygens (including phenoxy) is 1.